The number of amides is 1. The van der Waals surface area contributed by atoms with Crippen LogP contribution in [0.25, 0.3) is 5.76 Å². The fraction of sp³-hybridized carbons (Fsp3) is 0.304. The predicted octanol–water partition coefficient (Wildman–Crippen LogP) is 3.54. The lowest BCUT2D eigenvalue weighted by Gasteiger charge is -2.26. The molecule has 3 rings (SSSR count). The second kappa shape index (κ2) is 9.53. The quantitative estimate of drug-likeness (QED) is 0.352. The average Bonchev–Trinajstić information content (AvgIpc) is 2.98. The number of aliphatic hydroxyl groups excluding tert-OH is 1. The normalized spacial score (nSPS) is 18.1. The Labute approximate surface area is 189 Å². The van der Waals surface area contributed by atoms with E-state index in [1.54, 1.807) is 18.2 Å². The summed E-state index contributed by atoms with van der Waals surface area (Å²) in [7, 11) is 5.33. The Morgan fingerprint density at radius 2 is 1.84 bits per heavy atom. The molecule has 1 aliphatic heterocycles. The lowest BCUT2D eigenvalue weighted by Crippen LogP contribution is -2.32. The summed E-state index contributed by atoms with van der Waals surface area (Å²) >= 11 is 3.40. The van der Waals surface area contributed by atoms with Gasteiger partial charge < -0.3 is 24.7 Å². The van der Waals surface area contributed by atoms with Crippen molar-refractivity contribution in [2.75, 3.05) is 34.3 Å². The number of ketones is 1. The highest BCUT2D eigenvalue weighted by atomic mass is 79.9. The smallest absolute Gasteiger partial charge is 0.295 e. The molecular formula is C23H25BrN2O5. The number of benzene rings is 2. The Balaban J connectivity index is 2.11. The topological polar surface area (TPSA) is 90.3 Å². The lowest BCUT2D eigenvalue weighted by atomic mass is 9.95. The van der Waals surface area contributed by atoms with Crippen LogP contribution >= 0.6 is 15.9 Å². The third-order valence-corrected chi connectivity index (χ3v) is 5.72. The fourth-order valence-electron chi connectivity index (χ4n) is 3.64. The number of hydrogen-bond donors (Lipinski definition) is 2. The number of phenols is 1. The number of Topliss-reactive ketones (excluding diaryl/α,β-unsaturated/α-hetero) is 1. The minimum Gasteiger partial charge on any atom is -0.507 e. The highest BCUT2D eigenvalue weighted by Gasteiger charge is 2.46. The van der Waals surface area contributed by atoms with Crippen molar-refractivity contribution in [1.82, 2.24) is 9.80 Å². The first-order valence-corrected chi connectivity index (χ1v) is 10.6. The molecular weight excluding hydrogens is 464 g/mol. The van der Waals surface area contributed by atoms with Crippen LogP contribution in [0.15, 0.2) is 52.5 Å². The van der Waals surface area contributed by atoms with Crippen molar-refractivity contribution in [2.45, 2.75) is 12.5 Å². The number of likely N-dealkylation sites (tertiary alicyclic amines) is 1. The number of halogens is 1. The van der Waals surface area contributed by atoms with Crippen LogP contribution in [0, 0.1) is 0 Å². The molecule has 2 aromatic rings. The van der Waals surface area contributed by atoms with Crippen LogP contribution in [0.3, 0.4) is 0 Å². The van der Waals surface area contributed by atoms with E-state index in [1.807, 2.05) is 31.1 Å². The van der Waals surface area contributed by atoms with E-state index in [-0.39, 0.29) is 16.9 Å². The molecule has 7 nitrogen and oxygen atoms in total. The molecule has 0 aliphatic carbocycles. The van der Waals surface area contributed by atoms with Gasteiger partial charge in [-0.25, -0.2) is 0 Å². The van der Waals surface area contributed by atoms with E-state index in [4.69, 9.17) is 4.74 Å². The van der Waals surface area contributed by atoms with Gasteiger partial charge in [0, 0.05) is 17.1 Å². The zero-order valence-electron chi connectivity index (χ0n) is 17.6. The van der Waals surface area contributed by atoms with Crippen molar-refractivity contribution in [3.8, 4) is 11.5 Å². The van der Waals surface area contributed by atoms with E-state index in [0.717, 1.165) is 11.0 Å². The molecule has 0 saturated carbocycles. The second-order valence-electron chi connectivity index (χ2n) is 7.58. The molecule has 1 fully saturated rings. The maximum Gasteiger partial charge on any atom is 0.295 e. The second-order valence-corrected chi connectivity index (χ2v) is 8.50. The number of aliphatic hydroxyl groups is 1. The van der Waals surface area contributed by atoms with E-state index in [2.05, 4.69) is 15.9 Å². The summed E-state index contributed by atoms with van der Waals surface area (Å²) in [6.07, 6.45) is 0.668. The Hall–Kier alpha value is -2.84. The van der Waals surface area contributed by atoms with Crippen molar-refractivity contribution < 1.29 is 24.5 Å². The third-order valence-electron chi connectivity index (χ3n) is 5.19. The summed E-state index contributed by atoms with van der Waals surface area (Å²) < 4.78 is 5.94. The van der Waals surface area contributed by atoms with Crippen LogP contribution < -0.4 is 4.74 Å². The van der Waals surface area contributed by atoms with Crippen molar-refractivity contribution >= 4 is 33.4 Å². The summed E-state index contributed by atoms with van der Waals surface area (Å²) in [5.41, 5.74) is 0.716. The maximum atomic E-state index is 13.0. The van der Waals surface area contributed by atoms with Gasteiger partial charge in [-0.05, 0) is 56.9 Å². The summed E-state index contributed by atoms with van der Waals surface area (Å²) in [5, 5.41) is 21.4. The molecule has 0 radical (unpaired) electrons. The molecule has 1 aliphatic rings. The molecule has 31 heavy (non-hydrogen) atoms. The monoisotopic (exact) mass is 488 g/mol. The molecule has 1 saturated heterocycles. The molecule has 1 amide bonds. The van der Waals surface area contributed by atoms with Crippen molar-refractivity contribution in [3.05, 3.63) is 63.6 Å². The summed E-state index contributed by atoms with van der Waals surface area (Å²) in [6, 6.07) is 10.9. The predicted molar refractivity (Wildman–Crippen MR) is 121 cm³/mol. The number of carbonyl (C=O) groups excluding carboxylic acids is 2. The maximum absolute atomic E-state index is 13.0. The van der Waals surface area contributed by atoms with Crippen molar-refractivity contribution in [2.24, 2.45) is 0 Å². The molecule has 164 valence electrons. The number of carbonyl (C=O) groups is 2. The highest BCUT2D eigenvalue weighted by Crippen LogP contribution is 2.41. The van der Waals surface area contributed by atoms with Crippen LogP contribution in [-0.4, -0.2) is 66.0 Å². The molecule has 2 N–H and O–H groups in total. The number of methoxy groups -OCH3 is 1. The molecule has 0 unspecified atom stereocenters. The molecule has 0 aromatic heterocycles. The minimum atomic E-state index is -0.773. The zero-order chi connectivity index (χ0) is 22.7. The van der Waals surface area contributed by atoms with E-state index >= 15 is 0 Å². The Morgan fingerprint density at radius 3 is 2.42 bits per heavy atom. The number of hydrogen-bond acceptors (Lipinski definition) is 6. The van der Waals surface area contributed by atoms with E-state index in [0.29, 0.717) is 24.3 Å². The van der Waals surface area contributed by atoms with Gasteiger partial charge in [0.05, 0.1) is 24.3 Å². The summed E-state index contributed by atoms with van der Waals surface area (Å²) in [5.74, 6) is -1.69. The van der Waals surface area contributed by atoms with Crippen LogP contribution in [0.4, 0.5) is 0 Å². The van der Waals surface area contributed by atoms with Gasteiger partial charge in [-0.3, -0.25) is 9.59 Å². The minimum absolute atomic E-state index is 0.0438. The Morgan fingerprint density at radius 1 is 1.16 bits per heavy atom. The van der Waals surface area contributed by atoms with Gasteiger partial charge in [0.2, 0.25) is 0 Å². The molecule has 0 bridgehead atoms. The van der Waals surface area contributed by atoms with Crippen molar-refractivity contribution in [3.63, 3.8) is 0 Å². The van der Waals surface area contributed by atoms with Gasteiger partial charge in [-0.2, -0.15) is 0 Å². The van der Waals surface area contributed by atoms with Crippen LogP contribution in [0.1, 0.15) is 23.6 Å². The van der Waals surface area contributed by atoms with E-state index < -0.39 is 23.5 Å². The van der Waals surface area contributed by atoms with Crippen LogP contribution in [0.5, 0.6) is 11.5 Å². The van der Waals surface area contributed by atoms with Gasteiger partial charge in [0.25, 0.3) is 11.7 Å². The number of rotatable bonds is 7. The van der Waals surface area contributed by atoms with Crippen molar-refractivity contribution in [1.29, 1.82) is 0 Å². The first kappa shape index (κ1) is 22.8. The number of phenolic OH excluding ortho intramolecular Hbond substituents is 1. The molecule has 1 heterocycles. The molecule has 1 atom stereocenters. The standard InChI is InChI=1S/C23H25BrN2O5/c1-25(2)11-4-12-26-20(14-5-7-15(24)8-6-14)19(22(29)23(26)30)21(28)17-10-9-16(31-3)13-18(17)27/h5-10,13,20,27-28H,4,11-12H2,1-3H3/t20-/m1/s1. The third kappa shape index (κ3) is 4.75. The fourth-order valence-corrected chi connectivity index (χ4v) is 3.91. The van der Waals surface area contributed by atoms with Gasteiger partial charge in [-0.15, -0.1) is 0 Å². The van der Waals surface area contributed by atoms with Crippen LogP contribution in [0.2, 0.25) is 0 Å². The SMILES string of the molecule is COc1ccc(C(O)=C2C(=O)C(=O)N(CCCN(C)C)[C@@H]2c2ccc(Br)cc2)c(O)c1. The highest BCUT2D eigenvalue weighted by molar-refractivity contribution is 9.10. The Kier molecular flexibility index (Phi) is 7.02. The number of nitrogens with zero attached hydrogens (tertiary/aromatic N) is 2. The largest absolute Gasteiger partial charge is 0.507 e. The Bertz CT molecular complexity index is 1020. The van der Waals surface area contributed by atoms with Gasteiger partial charge in [0.15, 0.2) is 0 Å². The molecule has 2 aromatic carbocycles. The average molecular weight is 489 g/mol. The van der Waals surface area contributed by atoms with Gasteiger partial charge in [0.1, 0.15) is 17.3 Å². The zero-order valence-corrected chi connectivity index (χ0v) is 19.2. The molecule has 0 spiro atoms. The summed E-state index contributed by atoms with van der Waals surface area (Å²) in [6.45, 7) is 1.10. The summed E-state index contributed by atoms with van der Waals surface area (Å²) in [4.78, 5) is 29.4. The van der Waals surface area contributed by atoms with Gasteiger partial charge >= 0.3 is 0 Å². The van der Waals surface area contributed by atoms with Gasteiger partial charge in [-0.1, -0.05) is 28.1 Å². The van der Waals surface area contributed by atoms with Crippen LogP contribution in [-0.2, 0) is 9.59 Å². The first-order chi connectivity index (χ1) is 14.7. The number of ether oxygens (including phenoxy) is 1. The first-order valence-electron chi connectivity index (χ1n) is 9.80. The lowest BCUT2D eigenvalue weighted by molar-refractivity contribution is -0.139. The van der Waals surface area contributed by atoms with E-state index in [1.165, 1.54) is 24.1 Å². The number of aromatic hydroxyl groups is 1. The molecule has 8 heteroatoms. The van der Waals surface area contributed by atoms with E-state index in [9.17, 15) is 19.8 Å².